The first-order valence-corrected chi connectivity index (χ1v) is 15.6. The highest BCUT2D eigenvalue weighted by atomic mass is 79.9. The lowest BCUT2D eigenvalue weighted by atomic mass is 10.1. The van der Waals surface area contributed by atoms with Gasteiger partial charge in [0.05, 0.1) is 10.6 Å². The number of hydrogen-bond acceptors (Lipinski definition) is 4. The molecule has 0 radical (unpaired) electrons. The number of halogens is 3. The molecule has 3 rings (SSSR count). The molecular formula is C29H32BrCl2N3O4S. The molecule has 0 saturated carbocycles. The van der Waals surface area contributed by atoms with Crippen molar-refractivity contribution in [2.45, 2.75) is 45.2 Å². The van der Waals surface area contributed by atoms with Crippen molar-refractivity contribution in [2.75, 3.05) is 17.4 Å². The number of benzene rings is 3. The molecule has 3 aromatic rings. The monoisotopic (exact) mass is 667 g/mol. The maximum Gasteiger partial charge on any atom is 0.264 e. The third kappa shape index (κ3) is 8.46. The van der Waals surface area contributed by atoms with Crippen LogP contribution in [0.25, 0.3) is 0 Å². The summed E-state index contributed by atoms with van der Waals surface area (Å²) in [6.45, 7) is 7.38. The molecule has 40 heavy (non-hydrogen) atoms. The number of nitrogens with one attached hydrogen (secondary N) is 1. The molecule has 1 N–H and O–H groups in total. The van der Waals surface area contributed by atoms with Gasteiger partial charge in [0.15, 0.2) is 0 Å². The van der Waals surface area contributed by atoms with Gasteiger partial charge < -0.3 is 10.2 Å². The molecular weight excluding hydrogens is 637 g/mol. The molecule has 214 valence electrons. The molecule has 11 heteroatoms. The number of amides is 2. The Morgan fingerprint density at radius 1 is 0.925 bits per heavy atom. The Morgan fingerprint density at radius 3 is 2.05 bits per heavy atom. The number of sulfonamides is 1. The third-order valence-corrected chi connectivity index (χ3v) is 8.89. The minimum Gasteiger partial charge on any atom is -0.354 e. The van der Waals surface area contributed by atoms with E-state index >= 15 is 0 Å². The van der Waals surface area contributed by atoms with Gasteiger partial charge in [-0.15, -0.1) is 0 Å². The Morgan fingerprint density at radius 2 is 1.50 bits per heavy atom. The van der Waals surface area contributed by atoms with Crippen LogP contribution >= 0.6 is 39.1 Å². The van der Waals surface area contributed by atoms with Crippen LogP contribution in [0.4, 0.5) is 5.69 Å². The van der Waals surface area contributed by atoms with E-state index in [4.69, 9.17) is 23.2 Å². The molecule has 0 unspecified atom stereocenters. The Bertz CT molecular complexity index is 1430. The zero-order valence-electron chi connectivity index (χ0n) is 22.7. The molecule has 0 fully saturated rings. The van der Waals surface area contributed by atoms with E-state index in [1.54, 1.807) is 19.1 Å². The van der Waals surface area contributed by atoms with E-state index in [-0.39, 0.29) is 39.0 Å². The molecule has 2 amide bonds. The van der Waals surface area contributed by atoms with Crippen molar-refractivity contribution < 1.29 is 18.0 Å². The van der Waals surface area contributed by atoms with Gasteiger partial charge in [-0.05, 0) is 67.8 Å². The first-order chi connectivity index (χ1) is 18.8. The maximum absolute atomic E-state index is 13.9. The maximum atomic E-state index is 13.9. The number of anilines is 1. The summed E-state index contributed by atoms with van der Waals surface area (Å²) in [6, 6.07) is 17.1. The van der Waals surface area contributed by atoms with Crippen molar-refractivity contribution in [1.82, 2.24) is 10.2 Å². The van der Waals surface area contributed by atoms with Crippen molar-refractivity contribution in [3.63, 3.8) is 0 Å². The highest BCUT2D eigenvalue weighted by molar-refractivity contribution is 9.10. The predicted octanol–water partition coefficient (Wildman–Crippen LogP) is 6.45. The Balaban J connectivity index is 2.04. The Kier molecular flexibility index (Phi) is 11.1. The van der Waals surface area contributed by atoms with Crippen LogP contribution in [-0.2, 0) is 26.2 Å². The molecule has 7 nitrogen and oxygen atoms in total. The number of hydrogen-bond donors (Lipinski definition) is 1. The zero-order chi connectivity index (χ0) is 29.6. The van der Waals surface area contributed by atoms with Crippen LogP contribution in [0.5, 0.6) is 0 Å². The molecule has 0 saturated heterocycles. The van der Waals surface area contributed by atoms with Crippen LogP contribution < -0.4 is 9.62 Å². The van der Waals surface area contributed by atoms with Crippen LogP contribution in [0.1, 0.15) is 31.9 Å². The van der Waals surface area contributed by atoms with E-state index in [1.807, 2.05) is 45.0 Å². The fourth-order valence-corrected chi connectivity index (χ4v) is 6.05. The second-order valence-corrected chi connectivity index (χ2v) is 13.6. The summed E-state index contributed by atoms with van der Waals surface area (Å²) in [5.41, 5.74) is 1.79. The topological polar surface area (TPSA) is 86.8 Å². The molecule has 0 aromatic heterocycles. The molecule has 1 atom stereocenters. The summed E-state index contributed by atoms with van der Waals surface area (Å²) >= 11 is 15.9. The van der Waals surface area contributed by atoms with Gasteiger partial charge in [0, 0.05) is 27.6 Å². The second-order valence-electron chi connectivity index (χ2n) is 9.92. The smallest absolute Gasteiger partial charge is 0.264 e. The highest BCUT2D eigenvalue weighted by Gasteiger charge is 2.33. The number of carbonyl (C=O) groups is 2. The van der Waals surface area contributed by atoms with Crippen LogP contribution in [-0.4, -0.2) is 44.3 Å². The van der Waals surface area contributed by atoms with Gasteiger partial charge in [0.2, 0.25) is 11.8 Å². The number of aryl methyl sites for hydroxylation is 1. The first kappa shape index (κ1) is 31.9. The van der Waals surface area contributed by atoms with Gasteiger partial charge in [-0.1, -0.05) is 82.8 Å². The first-order valence-electron chi connectivity index (χ1n) is 12.6. The minimum atomic E-state index is -4.22. The van der Waals surface area contributed by atoms with E-state index in [9.17, 15) is 18.0 Å². The Labute approximate surface area is 254 Å². The summed E-state index contributed by atoms with van der Waals surface area (Å²) in [5.74, 6) is -0.686. The standard InChI is InChI=1S/C29H32BrCl2N3O4S/c1-19(2)16-33-29(37)21(4)34(17-22-7-9-23(30)10-8-22)28(36)18-35(26-14-24(31)13-25(32)15-26)40(38,39)27-11-5-20(3)6-12-27/h5-15,19,21H,16-18H2,1-4H3,(H,33,37)/t21-/m0/s1. The molecule has 0 aliphatic carbocycles. The summed E-state index contributed by atoms with van der Waals surface area (Å²) in [4.78, 5) is 28.4. The van der Waals surface area contributed by atoms with Crippen molar-refractivity contribution in [3.8, 4) is 0 Å². The molecule has 3 aromatic carbocycles. The van der Waals surface area contributed by atoms with E-state index in [1.165, 1.54) is 35.2 Å². The molecule has 0 heterocycles. The SMILES string of the molecule is Cc1ccc(S(=O)(=O)N(CC(=O)N(Cc2ccc(Br)cc2)[C@@H](C)C(=O)NCC(C)C)c2cc(Cl)cc(Cl)c2)cc1. The highest BCUT2D eigenvalue weighted by Crippen LogP contribution is 2.30. The lowest BCUT2D eigenvalue weighted by molar-refractivity contribution is -0.139. The van der Waals surface area contributed by atoms with Crippen LogP contribution in [0.2, 0.25) is 10.0 Å². The molecule has 0 spiro atoms. The van der Waals surface area contributed by atoms with E-state index < -0.39 is 28.5 Å². The van der Waals surface area contributed by atoms with Gasteiger partial charge in [-0.25, -0.2) is 8.42 Å². The van der Waals surface area contributed by atoms with Crippen LogP contribution in [0, 0.1) is 12.8 Å². The van der Waals surface area contributed by atoms with Gasteiger partial charge in [0.25, 0.3) is 10.0 Å². The number of nitrogens with zero attached hydrogens (tertiary/aromatic N) is 2. The molecule has 0 aliphatic rings. The predicted molar refractivity (Wildman–Crippen MR) is 164 cm³/mol. The third-order valence-electron chi connectivity index (χ3n) is 6.14. The zero-order valence-corrected chi connectivity index (χ0v) is 26.6. The van der Waals surface area contributed by atoms with Crippen molar-refractivity contribution in [3.05, 3.63) is 92.4 Å². The number of carbonyl (C=O) groups excluding carboxylic acids is 2. The summed E-state index contributed by atoms with van der Waals surface area (Å²) < 4.78 is 29.6. The number of rotatable bonds is 11. The summed E-state index contributed by atoms with van der Waals surface area (Å²) in [7, 11) is -4.22. The van der Waals surface area contributed by atoms with Gasteiger partial charge >= 0.3 is 0 Å². The second kappa shape index (κ2) is 13.9. The van der Waals surface area contributed by atoms with E-state index in [0.29, 0.717) is 6.54 Å². The van der Waals surface area contributed by atoms with E-state index in [0.717, 1.165) is 19.9 Å². The lowest BCUT2D eigenvalue weighted by Gasteiger charge is -2.32. The lowest BCUT2D eigenvalue weighted by Crippen LogP contribution is -2.51. The van der Waals surface area contributed by atoms with Crippen molar-refractivity contribution >= 4 is 66.7 Å². The van der Waals surface area contributed by atoms with Crippen molar-refractivity contribution in [2.24, 2.45) is 5.92 Å². The Hall–Kier alpha value is -2.59. The molecule has 0 aliphatic heterocycles. The van der Waals surface area contributed by atoms with Gasteiger partial charge in [0.1, 0.15) is 12.6 Å². The van der Waals surface area contributed by atoms with Crippen LogP contribution in [0.3, 0.4) is 0 Å². The molecule has 0 bridgehead atoms. The normalized spacial score (nSPS) is 12.2. The summed E-state index contributed by atoms with van der Waals surface area (Å²) in [6.07, 6.45) is 0. The van der Waals surface area contributed by atoms with Crippen LogP contribution in [0.15, 0.2) is 76.1 Å². The fraction of sp³-hybridized carbons (Fsp3) is 0.310. The fourth-order valence-electron chi connectivity index (χ4n) is 3.87. The van der Waals surface area contributed by atoms with Crippen molar-refractivity contribution in [1.29, 1.82) is 0 Å². The average molecular weight is 669 g/mol. The quantitative estimate of drug-likeness (QED) is 0.255. The summed E-state index contributed by atoms with van der Waals surface area (Å²) in [5, 5.41) is 3.30. The largest absolute Gasteiger partial charge is 0.354 e. The van der Waals surface area contributed by atoms with E-state index in [2.05, 4.69) is 21.2 Å². The van der Waals surface area contributed by atoms with Gasteiger partial charge in [-0.2, -0.15) is 0 Å². The minimum absolute atomic E-state index is 0.00387. The van der Waals surface area contributed by atoms with Gasteiger partial charge in [-0.3, -0.25) is 13.9 Å². The average Bonchev–Trinajstić information content (AvgIpc) is 2.89.